The summed E-state index contributed by atoms with van der Waals surface area (Å²) in [5, 5.41) is 0. The molecule has 0 aromatic carbocycles. The number of carbonyl (C=O) groups excluding carboxylic acids is 1. The number of ketones is 1. The third kappa shape index (κ3) is 1.33. The van der Waals surface area contributed by atoms with E-state index in [0.29, 0.717) is 11.7 Å². The fourth-order valence-corrected chi connectivity index (χ4v) is 3.23. The topological polar surface area (TPSA) is 17.1 Å². The Labute approximate surface area is 89.1 Å². The van der Waals surface area contributed by atoms with Crippen LogP contribution in [0.15, 0.2) is 12.1 Å². The van der Waals surface area contributed by atoms with Crippen molar-refractivity contribution in [3.63, 3.8) is 0 Å². The van der Waals surface area contributed by atoms with Gasteiger partial charge >= 0.3 is 0 Å². The molecule has 0 saturated heterocycles. The summed E-state index contributed by atoms with van der Waals surface area (Å²) >= 11 is 1.87. The number of thiophene rings is 1. The molecule has 1 aromatic rings. The smallest absolute Gasteiger partial charge is 0.139 e. The van der Waals surface area contributed by atoms with Crippen molar-refractivity contribution in [2.75, 3.05) is 0 Å². The summed E-state index contributed by atoms with van der Waals surface area (Å²) in [6, 6.07) is 4.39. The molecule has 1 aliphatic carbocycles. The van der Waals surface area contributed by atoms with Gasteiger partial charge in [-0.3, -0.25) is 4.79 Å². The summed E-state index contributed by atoms with van der Waals surface area (Å²) in [6.07, 6.45) is 1.85. The van der Waals surface area contributed by atoms with Gasteiger partial charge in [0.1, 0.15) is 5.78 Å². The van der Waals surface area contributed by atoms with Crippen molar-refractivity contribution < 1.29 is 4.79 Å². The van der Waals surface area contributed by atoms with E-state index in [1.54, 1.807) is 0 Å². The van der Waals surface area contributed by atoms with Gasteiger partial charge in [0.05, 0.1) is 0 Å². The Bertz CT molecular complexity index is 362. The lowest BCUT2D eigenvalue weighted by Crippen LogP contribution is -2.43. The Kier molecular flexibility index (Phi) is 2.26. The molecule has 0 aliphatic heterocycles. The highest BCUT2D eigenvalue weighted by Crippen LogP contribution is 2.51. The van der Waals surface area contributed by atoms with E-state index in [0.717, 1.165) is 12.8 Å². The van der Waals surface area contributed by atoms with Gasteiger partial charge in [0.2, 0.25) is 0 Å². The maximum absolute atomic E-state index is 11.4. The molecule has 1 atom stereocenters. The third-order valence-electron chi connectivity index (χ3n) is 3.35. The highest BCUT2D eigenvalue weighted by Gasteiger charge is 2.48. The van der Waals surface area contributed by atoms with E-state index in [4.69, 9.17) is 0 Å². The van der Waals surface area contributed by atoms with E-state index >= 15 is 0 Å². The molecule has 1 nitrogen and oxygen atoms in total. The Hall–Kier alpha value is -0.630. The Morgan fingerprint density at radius 3 is 2.64 bits per heavy atom. The highest BCUT2D eigenvalue weighted by molar-refractivity contribution is 7.12. The van der Waals surface area contributed by atoms with Gasteiger partial charge in [0.25, 0.3) is 0 Å². The van der Waals surface area contributed by atoms with Gasteiger partial charge in [-0.15, -0.1) is 11.3 Å². The number of hydrogen-bond acceptors (Lipinski definition) is 2. The summed E-state index contributed by atoms with van der Waals surface area (Å²) in [5.41, 5.74) is -0.115. The van der Waals surface area contributed by atoms with Crippen molar-refractivity contribution in [1.29, 1.82) is 0 Å². The van der Waals surface area contributed by atoms with Crippen molar-refractivity contribution in [2.45, 2.75) is 39.5 Å². The van der Waals surface area contributed by atoms with Crippen molar-refractivity contribution in [2.24, 2.45) is 5.41 Å². The predicted octanol–water partition coefficient (Wildman–Crippen LogP) is 3.39. The zero-order valence-electron chi connectivity index (χ0n) is 8.96. The standard InChI is InChI=1S/C12H16OS/c1-4-8-5-6-10(14-8)9-7-11(13)12(9,2)3/h5-6,9H,4,7H2,1-3H3. The van der Waals surface area contributed by atoms with Gasteiger partial charge in [-0.1, -0.05) is 20.8 Å². The van der Waals surface area contributed by atoms with Crippen LogP contribution in [-0.4, -0.2) is 5.78 Å². The molecule has 1 aromatic heterocycles. The average Bonchev–Trinajstić information content (AvgIpc) is 2.61. The third-order valence-corrected chi connectivity index (χ3v) is 4.70. The first-order chi connectivity index (χ1) is 6.55. The van der Waals surface area contributed by atoms with Gasteiger partial charge in [0.15, 0.2) is 0 Å². The molecule has 0 spiro atoms. The first-order valence-corrected chi connectivity index (χ1v) is 5.99. The summed E-state index contributed by atoms with van der Waals surface area (Å²) < 4.78 is 0. The Balaban J connectivity index is 2.21. The Morgan fingerprint density at radius 1 is 1.50 bits per heavy atom. The number of Topliss-reactive ketones (excluding diaryl/α,β-unsaturated/α-hetero) is 1. The van der Waals surface area contributed by atoms with Crippen LogP contribution in [0, 0.1) is 5.41 Å². The van der Waals surface area contributed by atoms with Gasteiger partial charge in [-0.25, -0.2) is 0 Å². The lowest BCUT2D eigenvalue weighted by molar-refractivity contribution is -0.137. The van der Waals surface area contributed by atoms with Crippen LogP contribution >= 0.6 is 11.3 Å². The first-order valence-electron chi connectivity index (χ1n) is 5.17. The van der Waals surface area contributed by atoms with E-state index in [9.17, 15) is 4.79 Å². The van der Waals surface area contributed by atoms with Gasteiger partial charge in [-0.2, -0.15) is 0 Å². The van der Waals surface area contributed by atoms with E-state index in [1.165, 1.54) is 9.75 Å². The lowest BCUT2D eigenvalue weighted by atomic mass is 9.61. The molecule has 1 fully saturated rings. The van der Waals surface area contributed by atoms with Crippen molar-refractivity contribution in [1.82, 2.24) is 0 Å². The van der Waals surface area contributed by atoms with Crippen molar-refractivity contribution in [3.05, 3.63) is 21.9 Å². The molecule has 76 valence electrons. The van der Waals surface area contributed by atoms with Crippen molar-refractivity contribution in [3.8, 4) is 0 Å². The summed E-state index contributed by atoms with van der Waals surface area (Å²) in [7, 11) is 0. The van der Waals surface area contributed by atoms with E-state index in [2.05, 4.69) is 32.9 Å². The summed E-state index contributed by atoms with van der Waals surface area (Å²) in [4.78, 5) is 14.2. The molecule has 1 heterocycles. The first kappa shape index (κ1) is 9.91. The van der Waals surface area contributed by atoms with E-state index in [1.807, 2.05) is 11.3 Å². The Morgan fingerprint density at radius 2 is 2.21 bits per heavy atom. The van der Waals surface area contributed by atoms with Crippen LogP contribution in [-0.2, 0) is 11.2 Å². The molecular weight excluding hydrogens is 192 g/mol. The molecule has 1 aliphatic rings. The average molecular weight is 208 g/mol. The highest BCUT2D eigenvalue weighted by atomic mass is 32.1. The van der Waals surface area contributed by atoms with Crippen LogP contribution < -0.4 is 0 Å². The van der Waals surface area contributed by atoms with Crippen LogP contribution in [0.3, 0.4) is 0 Å². The minimum atomic E-state index is -0.115. The molecule has 0 N–H and O–H groups in total. The minimum Gasteiger partial charge on any atom is -0.299 e. The quantitative estimate of drug-likeness (QED) is 0.728. The van der Waals surface area contributed by atoms with E-state index < -0.39 is 0 Å². The maximum atomic E-state index is 11.4. The van der Waals surface area contributed by atoms with Crippen LogP contribution in [0.4, 0.5) is 0 Å². The largest absolute Gasteiger partial charge is 0.299 e. The maximum Gasteiger partial charge on any atom is 0.139 e. The second kappa shape index (κ2) is 3.20. The normalized spacial score (nSPS) is 24.8. The zero-order chi connectivity index (χ0) is 10.3. The molecule has 2 rings (SSSR count). The predicted molar refractivity (Wildman–Crippen MR) is 59.8 cm³/mol. The SMILES string of the molecule is CCc1ccc(C2CC(=O)C2(C)C)s1. The van der Waals surface area contributed by atoms with Gasteiger partial charge in [-0.05, 0) is 18.6 Å². The molecule has 2 heteroatoms. The fourth-order valence-electron chi connectivity index (χ4n) is 1.99. The zero-order valence-corrected chi connectivity index (χ0v) is 9.78. The lowest BCUT2D eigenvalue weighted by Gasteiger charge is -2.42. The monoisotopic (exact) mass is 208 g/mol. The molecule has 1 unspecified atom stereocenters. The van der Waals surface area contributed by atoms with Crippen LogP contribution in [0.5, 0.6) is 0 Å². The second-order valence-corrected chi connectivity index (χ2v) is 5.76. The van der Waals surface area contributed by atoms with Crippen LogP contribution in [0.2, 0.25) is 0 Å². The minimum absolute atomic E-state index is 0.115. The van der Waals surface area contributed by atoms with Gasteiger partial charge < -0.3 is 0 Å². The number of hydrogen-bond donors (Lipinski definition) is 0. The number of rotatable bonds is 2. The number of aryl methyl sites for hydroxylation is 1. The molecule has 0 amide bonds. The fraction of sp³-hybridized carbons (Fsp3) is 0.583. The van der Waals surface area contributed by atoms with Crippen LogP contribution in [0.1, 0.15) is 42.9 Å². The molecule has 1 saturated carbocycles. The molecule has 14 heavy (non-hydrogen) atoms. The van der Waals surface area contributed by atoms with Crippen molar-refractivity contribution >= 4 is 17.1 Å². The van der Waals surface area contributed by atoms with Crippen LogP contribution in [0.25, 0.3) is 0 Å². The second-order valence-electron chi connectivity index (χ2n) is 4.56. The molecule has 0 bridgehead atoms. The molecule has 0 radical (unpaired) electrons. The summed E-state index contributed by atoms with van der Waals surface area (Å²) in [5.74, 6) is 0.884. The molecular formula is C12H16OS. The number of carbonyl (C=O) groups is 1. The van der Waals surface area contributed by atoms with Gasteiger partial charge in [0, 0.05) is 27.5 Å². The van der Waals surface area contributed by atoms with E-state index in [-0.39, 0.29) is 5.41 Å². The summed E-state index contributed by atoms with van der Waals surface area (Å²) in [6.45, 7) is 6.30.